The van der Waals surface area contributed by atoms with Crippen LogP contribution >= 0.6 is 11.3 Å². The summed E-state index contributed by atoms with van der Waals surface area (Å²) in [7, 11) is 0. The molecule has 1 unspecified atom stereocenters. The first-order valence-electron chi connectivity index (χ1n) is 6.73. The van der Waals surface area contributed by atoms with Crippen molar-refractivity contribution < 1.29 is 5.11 Å². The molecule has 1 aromatic heterocycles. The van der Waals surface area contributed by atoms with Crippen LogP contribution in [0.4, 0.5) is 0 Å². The third-order valence-corrected chi connectivity index (χ3v) is 5.16. The lowest BCUT2D eigenvalue weighted by molar-refractivity contribution is 0.0388. The summed E-state index contributed by atoms with van der Waals surface area (Å²) in [6.07, 6.45) is 2.42. The van der Waals surface area contributed by atoms with Crippen molar-refractivity contribution in [2.24, 2.45) is 0 Å². The second-order valence-corrected chi connectivity index (χ2v) is 6.91. The van der Waals surface area contributed by atoms with E-state index in [1.54, 1.807) is 11.3 Å². The highest BCUT2D eigenvalue weighted by molar-refractivity contribution is 7.11. The number of aliphatic hydroxyl groups is 1. The van der Waals surface area contributed by atoms with Crippen LogP contribution in [0.3, 0.4) is 0 Å². The maximum Gasteiger partial charge on any atom is 0.0965 e. The van der Waals surface area contributed by atoms with Crippen molar-refractivity contribution in [2.75, 3.05) is 0 Å². The number of hydrogen-bond donors (Lipinski definition) is 1. The van der Waals surface area contributed by atoms with Crippen molar-refractivity contribution in [1.29, 1.82) is 0 Å². The molecule has 0 aliphatic heterocycles. The minimum Gasteiger partial charge on any atom is -0.385 e. The minimum absolute atomic E-state index is 0.642. The summed E-state index contributed by atoms with van der Waals surface area (Å²) < 4.78 is 0. The predicted molar refractivity (Wildman–Crippen MR) is 78.7 cm³/mol. The van der Waals surface area contributed by atoms with Gasteiger partial charge in [-0.25, -0.2) is 4.98 Å². The third kappa shape index (κ3) is 2.21. The topological polar surface area (TPSA) is 33.1 Å². The number of nitrogens with zero attached hydrogens (tertiary/aromatic N) is 1. The fraction of sp³-hybridized carbons (Fsp3) is 0.438. The zero-order chi connectivity index (χ0) is 13.6. The van der Waals surface area contributed by atoms with E-state index < -0.39 is 5.60 Å². The summed E-state index contributed by atoms with van der Waals surface area (Å²) in [5.74, 6) is 0. The lowest BCUT2D eigenvalue weighted by atomic mass is 9.91. The van der Waals surface area contributed by atoms with E-state index in [-0.39, 0.29) is 0 Å². The Labute approximate surface area is 118 Å². The molecule has 2 nitrogen and oxygen atoms in total. The van der Waals surface area contributed by atoms with Crippen LogP contribution in [0.15, 0.2) is 18.2 Å². The first kappa shape index (κ1) is 12.8. The number of rotatable bonds is 2. The Morgan fingerprint density at radius 1 is 1.32 bits per heavy atom. The van der Waals surface area contributed by atoms with Gasteiger partial charge in [0.05, 0.1) is 16.3 Å². The van der Waals surface area contributed by atoms with Gasteiger partial charge in [-0.2, -0.15) is 0 Å². The Morgan fingerprint density at radius 3 is 2.79 bits per heavy atom. The molecular formula is C16H19NOS. The van der Waals surface area contributed by atoms with Gasteiger partial charge in [0.1, 0.15) is 0 Å². The number of aryl methyl sites for hydroxylation is 4. The maximum absolute atomic E-state index is 11.0. The Kier molecular flexibility index (Phi) is 2.99. The summed E-state index contributed by atoms with van der Waals surface area (Å²) in [4.78, 5) is 5.82. The van der Waals surface area contributed by atoms with E-state index in [0.29, 0.717) is 6.42 Å². The number of benzene rings is 1. The van der Waals surface area contributed by atoms with Gasteiger partial charge in [-0.05, 0) is 44.7 Å². The Balaban J connectivity index is 1.95. The minimum atomic E-state index is -0.724. The second-order valence-electron chi connectivity index (χ2n) is 5.62. The van der Waals surface area contributed by atoms with Gasteiger partial charge in [0.2, 0.25) is 0 Å². The van der Waals surface area contributed by atoms with Gasteiger partial charge in [-0.1, -0.05) is 23.8 Å². The van der Waals surface area contributed by atoms with E-state index in [4.69, 9.17) is 0 Å². The molecule has 1 heterocycles. The Morgan fingerprint density at radius 2 is 2.11 bits per heavy atom. The Bertz CT molecular complexity index is 612. The molecule has 1 atom stereocenters. The van der Waals surface area contributed by atoms with Crippen molar-refractivity contribution in [2.45, 2.75) is 45.6 Å². The van der Waals surface area contributed by atoms with Gasteiger partial charge < -0.3 is 5.11 Å². The number of fused-ring (bicyclic) bond motifs is 1. The van der Waals surface area contributed by atoms with Crippen molar-refractivity contribution in [1.82, 2.24) is 4.98 Å². The molecule has 3 rings (SSSR count). The predicted octanol–water partition coefficient (Wildman–Crippen LogP) is 3.44. The average Bonchev–Trinajstić information content (AvgIpc) is 2.82. The molecule has 1 aromatic carbocycles. The van der Waals surface area contributed by atoms with Crippen LogP contribution in [-0.2, 0) is 18.4 Å². The normalized spacial score (nSPS) is 21.7. The molecule has 1 aliphatic carbocycles. The summed E-state index contributed by atoms with van der Waals surface area (Å²) >= 11 is 1.71. The number of aromatic nitrogens is 1. The van der Waals surface area contributed by atoms with Crippen LogP contribution in [0.1, 0.15) is 38.7 Å². The molecule has 2 aromatic rings. The summed E-state index contributed by atoms with van der Waals surface area (Å²) in [6.45, 7) is 6.20. The molecule has 19 heavy (non-hydrogen) atoms. The highest BCUT2D eigenvalue weighted by Gasteiger charge is 2.37. The van der Waals surface area contributed by atoms with Gasteiger partial charge in [0.25, 0.3) is 0 Å². The number of hydrogen-bond acceptors (Lipinski definition) is 3. The summed E-state index contributed by atoms with van der Waals surface area (Å²) in [6, 6.07) is 6.42. The van der Waals surface area contributed by atoms with Crippen LogP contribution in [-0.4, -0.2) is 10.1 Å². The lowest BCUT2D eigenvalue weighted by Gasteiger charge is -2.23. The van der Waals surface area contributed by atoms with Gasteiger partial charge in [0, 0.05) is 11.3 Å². The van der Waals surface area contributed by atoms with Crippen LogP contribution in [0.25, 0.3) is 0 Å². The van der Waals surface area contributed by atoms with Crippen LogP contribution in [0, 0.1) is 20.8 Å². The zero-order valence-electron chi connectivity index (χ0n) is 11.7. The molecule has 1 aliphatic rings. The highest BCUT2D eigenvalue weighted by atomic mass is 32.1. The molecule has 0 saturated carbocycles. The van der Waals surface area contributed by atoms with Gasteiger partial charge in [-0.3, -0.25) is 0 Å². The maximum atomic E-state index is 11.0. The first-order chi connectivity index (χ1) is 8.98. The quantitative estimate of drug-likeness (QED) is 0.909. The van der Waals surface area contributed by atoms with E-state index in [9.17, 15) is 5.11 Å². The number of thiazole rings is 1. The second kappa shape index (κ2) is 4.43. The van der Waals surface area contributed by atoms with Gasteiger partial charge in [-0.15, -0.1) is 11.3 Å². The smallest absolute Gasteiger partial charge is 0.0965 e. The molecule has 1 N–H and O–H groups in total. The van der Waals surface area contributed by atoms with Gasteiger partial charge in [0.15, 0.2) is 0 Å². The molecule has 0 fully saturated rings. The molecule has 0 saturated heterocycles. The molecular weight excluding hydrogens is 254 g/mol. The SMILES string of the molecule is Cc1ccc2c(c1)C(O)(Cc1nc(C)c(C)s1)CC2. The van der Waals surface area contributed by atoms with Crippen molar-refractivity contribution in [3.05, 3.63) is 50.5 Å². The van der Waals surface area contributed by atoms with Crippen molar-refractivity contribution in [3.8, 4) is 0 Å². The van der Waals surface area contributed by atoms with Crippen LogP contribution in [0.2, 0.25) is 0 Å². The van der Waals surface area contributed by atoms with Crippen molar-refractivity contribution >= 4 is 11.3 Å². The van der Waals surface area contributed by atoms with Crippen molar-refractivity contribution in [3.63, 3.8) is 0 Å². The van der Waals surface area contributed by atoms with Crippen LogP contribution in [0.5, 0.6) is 0 Å². The fourth-order valence-corrected chi connectivity index (χ4v) is 3.91. The molecule has 100 valence electrons. The molecule has 0 spiro atoms. The zero-order valence-corrected chi connectivity index (χ0v) is 12.5. The fourth-order valence-electron chi connectivity index (χ4n) is 2.87. The standard InChI is InChI=1S/C16H19NOS/c1-10-4-5-13-6-7-16(18,14(13)8-10)9-15-17-11(2)12(3)19-15/h4-5,8,18H,6-7,9H2,1-3H3. The third-order valence-electron chi connectivity index (χ3n) is 4.09. The van der Waals surface area contributed by atoms with Gasteiger partial charge >= 0.3 is 0 Å². The van der Waals surface area contributed by atoms with E-state index in [1.807, 2.05) is 6.92 Å². The summed E-state index contributed by atoms with van der Waals surface area (Å²) in [5, 5.41) is 12.0. The Hall–Kier alpha value is -1.19. The largest absolute Gasteiger partial charge is 0.385 e. The monoisotopic (exact) mass is 273 g/mol. The first-order valence-corrected chi connectivity index (χ1v) is 7.55. The lowest BCUT2D eigenvalue weighted by Crippen LogP contribution is -2.25. The average molecular weight is 273 g/mol. The van der Waals surface area contributed by atoms with E-state index in [0.717, 1.165) is 29.1 Å². The molecule has 0 radical (unpaired) electrons. The summed E-state index contributed by atoms with van der Waals surface area (Å²) in [5.41, 5.74) is 3.98. The van der Waals surface area contributed by atoms with E-state index in [2.05, 4.69) is 37.0 Å². The molecule has 3 heteroatoms. The molecule has 0 amide bonds. The van der Waals surface area contributed by atoms with E-state index >= 15 is 0 Å². The highest BCUT2D eigenvalue weighted by Crippen LogP contribution is 2.40. The van der Waals surface area contributed by atoms with E-state index in [1.165, 1.54) is 16.0 Å². The van der Waals surface area contributed by atoms with Crippen LogP contribution < -0.4 is 0 Å². The molecule has 0 bridgehead atoms.